The minimum Gasteiger partial charge on any atom is -0.465 e. The highest BCUT2D eigenvalue weighted by molar-refractivity contribution is 5.90. The fourth-order valence-electron chi connectivity index (χ4n) is 4.13. The lowest BCUT2D eigenvalue weighted by molar-refractivity contribution is -0.137. The van der Waals surface area contributed by atoms with E-state index >= 15 is 0 Å². The molecule has 2 aromatic carbocycles. The van der Waals surface area contributed by atoms with Gasteiger partial charge in [-0.2, -0.15) is 13.2 Å². The van der Waals surface area contributed by atoms with Crippen LogP contribution in [0.1, 0.15) is 42.1 Å². The van der Waals surface area contributed by atoms with Crippen molar-refractivity contribution in [1.29, 1.82) is 0 Å². The van der Waals surface area contributed by atoms with Crippen LogP contribution in [0.25, 0.3) is 22.6 Å². The van der Waals surface area contributed by atoms with Gasteiger partial charge in [0, 0.05) is 35.5 Å². The van der Waals surface area contributed by atoms with Crippen LogP contribution in [-0.2, 0) is 10.9 Å². The topological polar surface area (TPSA) is 55.6 Å². The van der Waals surface area contributed by atoms with E-state index in [-0.39, 0.29) is 39.9 Å². The fourth-order valence-corrected chi connectivity index (χ4v) is 4.13. The number of rotatable bonds is 4. The summed E-state index contributed by atoms with van der Waals surface area (Å²) in [6, 6.07) is 9.14. The molecule has 1 aliphatic rings. The molecule has 174 valence electrons. The SMILES string of the molecule is COC(=O)c1ccc(-c2cc(-c3ccc(N4CCCCC4C)c(C(F)(F)F)c3)on2)c(F)c1. The van der Waals surface area contributed by atoms with E-state index in [1.165, 1.54) is 31.4 Å². The molecule has 5 nitrogen and oxygen atoms in total. The highest BCUT2D eigenvalue weighted by Gasteiger charge is 2.36. The molecular weight excluding hydrogens is 440 g/mol. The number of hydrogen-bond donors (Lipinski definition) is 0. The molecule has 0 bridgehead atoms. The van der Waals surface area contributed by atoms with Crippen LogP contribution in [0, 0.1) is 5.82 Å². The quantitative estimate of drug-likeness (QED) is 0.335. The molecule has 1 unspecified atom stereocenters. The number of ether oxygens (including phenoxy) is 1. The summed E-state index contributed by atoms with van der Waals surface area (Å²) in [6.45, 7) is 2.49. The minimum atomic E-state index is -4.55. The van der Waals surface area contributed by atoms with E-state index in [1.54, 1.807) is 11.0 Å². The van der Waals surface area contributed by atoms with Crippen molar-refractivity contribution in [2.75, 3.05) is 18.6 Å². The van der Waals surface area contributed by atoms with Crippen molar-refractivity contribution >= 4 is 11.7 Å². The Hall–Kier alpha value is -3.36. The third-order valence-electron chi connectivity index (χ3n) is 5.88. The van der Waals surface area contributed by atoms with Crippen LogP contribution in [0.3, 0.4) is 0 Å². The van der Waals surface area contributed by atoms with E-state index in [4.69, 9.17) is 4.52 Å². The van der Waals surface area contributed by atoms with Gasteiger partial charge >= 0.3 is 12.1 Å². The van der Waals surface area contributed by atoms with Crippen LogP contribution in [-0.4, -0.2) is 30.8 Å². The summed E-state index contributed by atoms with van der Waals surface area (Å²) in [4.78, 5) is 13.4. The number of esters is 1. The smallest absolute Gasteiger partial charge is 0.418 e. The minimum absolute atomic E-state index is 0.0125. The molecule has 1 fully saturated rings. The van der Waals surface area contributed by atoms with Crippen molar-refractivity contribution < 1.29 is 31.6 Å². The monoisotopic (exact) mass is 462 g/mol. The lowest BCUT2D eigenvalue weighted by Crippen LogP contribution is -2.38. The Balaban J connectivity index is 1.69. The van der Waals surface area contributed by atoms with Crippen molar-refractivity contribution in [3.05, 3.63) is 59.4 Å². The zero-order valence-corrected chi connectivity index (χ0v) is 18.1. The summed E-state index contributed by atoms with van der Waals surface area (Å²) in [5.41, 5.74) is -0.252. The van der Waals surface area contributed by atoms with Crippen LogP contribution in [0.5, 0.6) is 0 Å². The second kappa shape index (κ2) is 8.88. The first-order valence-electron chi connectivity index (χ1n) is 10.5. The molecule has 1 saturated heterocycles. The van der Waals surface area contributed by atoms with Gasteiger partial charge in [-0.25, -0.2) is 9.18 Å². The molecule has 3 aromatic rings. The molecule has 4 rings (SSSR count). The Morgan fingerprint density at radius 1 is 1.15 bits per heavy atom. The average Bonchev–Trinajstić information content (AvgIpc) is 3.28. The molecule has 0 spiro atoms. The summed E-state index contributed by atoms with van der Waals surface area (Å²) in [7, 11) is 1.18. The van der Waals surface area contributed by atoms with Gasteiger partial charge in [-0.15, -0.1) is 0 Å². The van der Waals surface area contributed by atoms with Crippen LogP contribution in [0.2, 0.25) is 0 Å². The molecule has 0 saturated carbocycles. The highest BCUT2D eigenvalue weighted by Crippen LogP contribution is 2.41. The maximum atomic E-state index is 14.5. The van der Waals surface area contributed by atoms with Crippen LogP contribution in [0.4, 0.5) is 23.2 Å². The molecule has 2 heterocycles. The predicted molar refractivity (Wildman–Crippen MR) is 114 cm³/mol. The number of carbonyl (C=O) groups is 1. The number of nitrogens with zero attached hydrogens (tertiary/aromatic N) is 2. The van der Waals surface area contributed by atoms with Crippen LogP contribution >= 0.6 is 0 Å². The first-order valence-corrected chi connectivity index (χ1v) is 10.5. The predicted octanol–water partition coefficient (Wildman–Crippen LogP) is 6.33. The zero-order chi connectivity index (χ0) is 23.8. The normalized spacial score (nSPS) is 16.7. The molecule has 1 atom stereocenters. The van der Waals surface area contributed by atoms with Gasteiger partial charge < -0.3 is 14.2 Å². The summed E-state index contributed by atoms with van der Waals surface area (Å²) >= 11 is 0. The summed E-state index contributed by atoms with van der Waals surface area (Å²) < 4.78 is 66.1. The Kier molecular flexibility index (Phi) is 6.14. The van der Waals surface area contributed by atoms with Crippen molar-refractivity contribution in [3.8, 4) is 22.6 Å². The number of anilines is 1. The molecule has 0 aliphatic carbocycles. The van der Waals surface area contributed by atoms with Gasteiger partial charge in [-0.05, 0) is 62.6 Å². The first-order chi connectivity index (χ1) is 15.7. The first kappa shape index (κ1) is 22.8. The summed E-state index contributed by atoms with van der Waals surface area (Å²) in [6.07, 6.45) is -1.88. The number of carbonyl (C=O) groups excluding carboxylic acids is 1. The Labute approximate surface area is 187 Å². The van der Waals surface area contributed by atoms with Gasteiger partial charge in [0.05, 0.1) is 18.2 Å². The average molecular weight is 462 g/mol. The molecule has 1 aromatic heterocycles. The molecule has 0 N–H and O–H groups in total. The van der Waals surface area contributed by atoms with Crippen molar-refractivity contribution in [3.63, 3.8) is 0 Å². The van der Waals surface area contributed by atoms with E-state index < -0.39 is 23.5 Å². The fraction of sp³-hybridized carbons (Fsp3) is 0.333. The maximum absolute atomic E-state index is 14.5. The van der Waals surface area contributed by atoms with Gasteiger partial charge in [-0.1, -0.05) is 5.16 Å². The molecule has 1 aliphatic heterocycles. The molecule has 0 amide bonds. The third kappa shape index (κ3) is 4.58. The van der Waals surface area contributed by atoms with E-state index in [1.807, 2.05) is 6.92 Å². The number of alkyl halides is 3. The second-order valence-electron chi connectivity index (χ2n) is 8.03. The number of aromatic nitrogens is 1. The molecule has 0 radical (unpaired) electrons. The van der Waals surface area contributed by atoms with Gasteiger partial charge in [-0.3, -0.25) is 0 Å². The molecule has 9 heteroatoms. The van der Waals surface area contributed by atoms with Crippen molar-refractivity contribution in [1.82, 2.24) is 5.16 Å². The zero-order valence-electron chi connectivity index (χ0n) is 18.1. The van der Waals surface area contributed by atoms with Crippen molar-refractivity contribution in [2.24, 2.45) is 0 Å². The standard InChI is InChI=1S/C24H22F4N2O3/c1-14-5-3-4-10-30(14)21-9-7-15(11-18(21)24(26,27)28)22-13-20(29-33-22)17-8-6-16(12-19(17)25)23(31)32-2/h6-9,11-14H,3-5,10H2,1-2H3. The highest BCUT2D eigenvalue weighted by atomic mass is 19.4. The molecular formula is C24H22F4N2O3. The largest absolute Gasteiger partial charge is 0.465 e. The lowest BCUT2D eigenvalue weighted by Gasteiger charge is -2.37. The van der Waals surface area contributed by atoms with E-state index in [0.717, 1.165) is 31.4 Å². The van der Waals surface area contributed by atoms with Crippen LogP contribution in [0.15, 0.2) is 47.0 Å². The van der Waals surface area contributed by atoms with Gasteiger partial charge in [0.2, 0.25) is 0 Å². The van der Waals surface area contributed by atoms with Crippen LogP contribution < -0.4 is 4.90 Å². The Morgan fingerprint density at radius 3 is 2.61 bits per heavy atom. The number of hydrogen-bond acceptors (Lipinski definition) is 5. The van der Waals surface area contributed by atoms with E-state index in [9.17, 15) is 22.4 Å². The summed E-state index contributed by atoms with van der Waals surface area (Å²) in [5.74, 6) is -1.35. The number of halogens is 4. The Bertz CT molecular complexity index is 1170. The van der Waals surface area contributed by atoms with E-state index in [0.29, 0.717) is 6.54 Å². The summed E-state index contributed by atoms with van der Waals surface area (Å²) in [5, 5.41) is 3.81. The maximum Gasteiger partial charge on any atom is 0.418 e. The lowest BCUT2D eigenvalue weighted by atomic mass is 9.99. The molecule has 33 heavy (non-hydrogen) atoms. The van der Waals surface area contributed by atoms with Gasteiger partial charge in [0.1, 0.15) is 11.5 Å². The van der Waals surface area contributed by atoms with Crippen molar-refractivity contribution in [2.45, 2.75) is 38.4 Å². The second-order valence-corrected chi connectivity index (χ2v) is 8.03. The van der Waals surface area contributed by atoms with E-state index in [2.05, 4.69) is 9.89 Å². The number of piperidine rings is 1. The van der Waals surface area contributed by atoms with Gasteiger partial charge in [0.15, 0.2) is 5.76 Å². The Morgan fingerprint density at radius 2 is 1.94 bits per heavy atom. The number of methoxy groups -OCH3 is 1. The third-order valence-corrected chi connectivity index (χ3v) is 5.88. The van der Waals surface area contributed by atoms with Gasteiger partial charge in [0.25, 0.3) is 0 Å². The number of benzene rings is 2.